The van der Waals surface area contributed by atoms with Gasteiger partial charge in [0.15, 0.2) is 11.6 Å². The lowest BCUT2D eigenvalue weighted by Gasteiger charge is -2.36. The fraction of sp³-hybridized carbons (Fsp3) is 0.576. The van der Waals surface area contributed by atoms with Crippen molar-refractivity contribution in [1.82, 2.24) is 4.98 Å². The fourth-order valence-electron chi connectivity index (χ4n) is 5.40. The van der Waals surface area contributed by atoms with Gasteiger partial charge in [-0.25, -0.2) is 14.2 Å². The van der Waals surface area contributed by atoms with Crippen LogP contribution in [0.2, 0.25) is 0 Å². The monoisotopic (exact) mass is 670 g/mol. The molecule has 0 aliphatic heterocycles. The molecule has 3 rings (SSSR count). The summed E-state index contributed by atoms with van der Waals surface area (Å²) in [6, 6.07) is 1.60. The molecule has 2 aromatic rings. The highest BCUT2D eigenvalue weighted by Crippen LogP contribution is 2.40. The zero-order chi connectivity index (χ0) is 34.7. The third kappa shape index (κ3) is 10.1. The number of carbonyl (C=O) groups excluding carboxylic acids is 3. The zero-order valence-corrected chi connectivity index (χ0v) is 27.3. The molecule has 1 aliphatic rings. The molecule has 0 spiro atoms. The molecule has 1 aromatic heterocycles. The SMILES string of the molecule is CCCCOC(=O)Cc1cnc(Oc2cc(C(=O)OC)c(N(C(=O)C3CCC(C)CC3)C(COC)COC)cc2F)c(C(F)(F)F)c1. The molecule has 0 saturated heterocycles. The number of alkyl halides is 3. The predicted molar refractivity (Wildman–Crippen MR) is 163 cm³/mol. The van der Waals surface area contributed by atoms with E-state index in [1.54, 1.807) is 0 Å². The van der Waals surface area contributed by atoms with Gasteiger partial charge in [0.1, 0.15) is 5.56 Å². The van der Waals surface area contributed by atoms with Crippen molar-refractivity contribution >= 4 is 23.5 Å². The minimum atomic E-state index is -5.00. The highest BCUT2D eigenvalue weighted by molar-refractivity contribution is 6.04. The van der Waals surface area contributed by atoms with E-state index >= 15 is 4.39 Å². The second-order valence-electron chi connectivity index (χ2n) is 11.6. The van der Waals surface area contributed by atoms with Crippen LogP contribution < -0.4 is 9.64 Å². The molecule has 0 unspecified atom stereocenters. The first-order valence-corrected chi connectivity index (χ1v) is 15.5. The first-order valence-electron chi connectivity index (χ1n) is 15.5. The Morgan fingerprint density at radius 2 is 1.68 bits per heavy atom. The van der Waals surface area contributed by atoms with E-state index in [2.05, 4.69) is 11.9 Å². The number of hydrogen-bond donors (Lipinski definition) is 0. The van der Waals surface area contributed by atoms with E-state index in [1.807, 2.05) is 6.92 Å². The zero-order valence-electron chi connectivity index (χ0n) is 27.3. The number of ether oxygens (including phenoxy) is 5. The summed E-state index contributed by atoms with van der Waals surface area (Å²) < 4.78 is 84.0. The average Bonchev–Trinajstić information content (AvgIpc) is 3.02. The van der Waals surface area contributed by atoms with Gasteiger partial charge in [-0.15, -0.1) is 0 Å². The summed E-state index contributed by atoms with van der Waals surface area (Å²) in [6.45, 7) is 4.06. The summed E-state index contributed by atoms with van der Waals surface area (Å²) in [5.74, 6) is -5.04. The van der Waals surface area contributed by atoms with Gasteiger partial charge in [-0.2, -0.15) is 13.2 Å². The Morgan fingerprint density at radius 1 is 1.02 bits per heavy atom. The molecule has 1 amide bonds. The summed E-state index contributed by atoms with van der Waals surface area (Å²) >= 11 is 0. The average molecular weight is 671 g/mol. The Balaban J connectivity index is 2.07. The van der Waals surface area contributed by atoms with E-state index in [4.69, 9.17) is 23.7 Å². The van der Waals surface area contributed by atoms with Crippen molar-refractivity contribution in [3.63, 3.8) is 0 Å². The number of carbonyl (C=O) groups is 3. The van der Waals surface area contributed by atoms with Crippen LogP contribution in [0, 0.1) is 17.7 Å². The number of halogens is 4. The smallest absolute Gasteiger partial charge is 0.421 e. The van der Waals surface area contributed by atoms with Crippen LogP contribution in [0.25, 0.3) is 0 Å². The van der Waals surface area contributed by atoms with E-state index in [9.17, 15) is 27.6 Å². The van der Waals surface area contributed by atoms with Gasteiger partial charge in [-0.3, -0.25) is 9.59 Å². The maximum atomic E-state index is 15.8. The third-order valence-corrected chi connectivity index (χ3v) is 7.93. The summed E-state index contributed by atoms with van der Waals surface area (Å²) in [5, 5.41) is 0. The van der Waals surface area contributed by atoms with Crippen molar-refractivity contribution in [2.75, 3.05) is 46.0 Å². The number of nitrogens with zero attached hydrogens (tertiary/aromatic N) is 2. The molecule has 47 heavy (non-hydrogen) atoms. The molecule has 1 saturated carbocycles. The molecule has 0 N–H and O–H groups in total. The van der Waals surface area contributed by atoms with Crippen molar-refractivity contribution in [3.8, 4) is 11.6 Å². The summed E-state index contributed by atoms with van der Waals surface area (Å²) in [7, 11) is 3.90. The number of benzene rings is 1. The van der Waals surface area contributed by atoms with Gasteiger partial charge in [0, 0.05) is 38.5 Å². The topological polar surface area (TPSA) is 113 Å². The summed E-state index contributed by atoms with van der Waals surface area (Å²) in [4.78, 5) is 44.1. The standard InChI is InChI=1S/C33H42F4N2O8/c1-6-7-12-46-29(40)14-21-13-25(33(35,36)37)30(38-17-21)47-28-15-24(32(42)45-5)27(16-26(28)34)39(23(18-43-3)19-44-4)31(41)22-10-8-20(2)9-11-22/h13,15-17,20,22-23H,6-12,14,18-19H2,1-5H3. The molecule has 260 valence electrons. The number of pyridine rings is 1. The van der Waals surface area contributed by atoms with Crippen molar-refractivity contribution < 1.29 is 55.6 Å². The Bertz CT molecular complexity index is 1370. The Morgan fingerprint density at radius 3 is 2.26 bits per heavy atom. The number of amides is 1. The molecular formula is C33H42F4N2O8. The third-order valence-electron chi connectivity index (χ3n) is 7.93. The number of anilines is 1. The number of rotatable bonds is 15. The summed E-state index contributed by atoms with van der Waals surface area (Å²) in [5.41, 5.74) is -1.97. The van der Waals surface area contributed by atoms with Crippen LogP contribution in [0.4, 0.5) is 23.2 Å². The highest BCUT2D eigenvalue weighted by Gasteiger charge is 2.38. The van der Waals surface area contributed by atoms with E-state index in [0.29, 0.717) is 31.2 Å². The summed E-state index contributed by atoms with van der Waals surface area (Å²) in [6.07, 6.45) is -0.327. The van der Waals surface area contributed by atoms with Crippen LogP contribution in [0.15, 0.2) is 24.4 Å². The molecule has 14 heteroatoms. The molecular weight excluding hydrogens is 628 g/mol. The normalized spacial score (nSPS) is 16.6. The van der Waals surface area contributed by atoms with Gasteiger partial charge in [0.05, 0.1) is 50.6 Å². The quantitative estimate of drug-likeness (QED) is 0.119. The molecule has 1 fully saturated rings. The number of esters is 2. The van der Waals surface area contributed by atoms with Crippen molar-refractivity contribution in [3.05, 3.63) is 46.9 Å². The molecule has 0 radical (unpaired) electrons. The van der Waals surface area contributed by atoms with Gasteiger partial charge in [0.25, 0.3) is 0 Å². The molecule has 1 aromatic carbocycles. The van der Waals surface area contributed by atoms with E-state index in [-0.39, 0.29) is 42.5 Å². The van der Waals surface area contributed by atoms with Crippen LogP contribution >= 0.6 is 0 Å². The second-order valence-corrected chi connectivity index (χ2v) is 11.6. The second kappa shape index (κ2) is 17.4. The molecule has 1 aliphatic carbocycles. The van der Waals surface area contributed by atoms with Crippen molar-refractivity contribution in [2.45, 2.75) is 71.0 Å². The van der Waals surface area contributed by atoms with Gasteiger partial charge in [-0.1, -0.05) is 20.3 Å². The number of hydrogen-bond acceptors (Lipinski definition) is 9. The number of aromatic nitrogens is 1. The lowest BCUT2D eigenvalue weighted by Crippen LogP contribution is -2.49. The first-order chi connectivity index (χ1) is 22.3. The van der Waals surface area contributed by atoms with Crippen molar-refractivity contribution in [1.29, 1.82) is 0 Å². The first kappa shape index (κ1) is 37.7. The minimum Gasteiger partial charge on any atom is -0.465 e. The van der Waals surface area contributed by atoms with Crippen LogP contribution in [-0.4, -0.2) is 70.0 Å². The Kier molecular flexibility index (Phi) is 13.9. The number of methoxy groups -OCH3 is 3. The van der Waals surface area contributed by atoms with Crippen LogP contribution in [0.3, 0.4) is 0 Å². The van der Waals surface area contributed by atoms with E-state index in [1.165, 1.54) is 19.1 Å². The lowest BCUT2D eigenvalue weighted by molar-refractivity contribution is -0.143. The molecule has 1 heterocycles. The lowest BCUT2D eigenvalue weighted by atomic mass is 9.82. The van der Waals surface area contributed by atoms with Gasteiger partial charge < -0.3 is 28.6 Å². The van der Waals surface area contributed by atoms with Gasteiger partial charge in [-0.05, 0) is 49.7 Å². The Hall–Kier alpha value is -3.78. The minimum absolute atomic E-state index is 0.0272. The fourth-order valence-corrected chi connectivity index (χ4v) is 5.40. The number of unbranched alkanes of at least 4 members (excludes halogenated alkanes) is 1. The predicted octanol–water partition coefficient (Wildman–Crippen LogP) is 6.52. The van der Waals surface area contributed by atoms with E-state index in [0.717, 1.165) is 44.7 Å². The van der Waals surface area contributed by atoms with E-state index < -0.39 is 59.5 Å². The largest absolute Gasteiger partial charge is 0.465 e. The van der Waals surface area contributed by atoms with Crippen molar-refractivity contribution in [2.24, 2.45) is 11.8 Å². The Labute approximate surface area is 271 Å². The maximum absolute atomic E-state index is 15.8. The van der Waals surface area contributed by atoms with Gasteiger partial charge >= 0.3 is 18.1 Å². The van der Waals surface area contributed by atoms with Crippen LogP contribution in [-0.2, 0) is 41.1 Å². The highest BCUT2D eigenvalue weighted by atomic mass is 19.4. The van der Waals surface area contributed by atoms with Crippen LogP contribution in [0.1, 0.15) is 73.9 Å². The molecule has 0 atom stereocenters. The maximum Gasteiger partial charge on any atom is 0.421 e. The van der Waals surface area contributed by atoms with Gasteiger partial charge in [0.2, 0.25) is 11.8 Å². The van der Waals surface area contributed by atoms with Crippen LogP contribution in [0.5, 0.6) is 11.6 Å². The molecule has 10 nitrogen and oxygen atoms in total. The molecule has 0 bridgehead atoms.